The highest BCUT2D eigenvalue weighted by molar-refractivity contribution is 4.99. The standard InChI is InChI=1S/C11H18N4O/c1-2-9(16-7-1)3-4-10-13-14-11-8-12-5-6-15(10)11/h9,12H,1-8H2. The molecular formula is C11H18N4O. The molecule has 5 heteroatoms. The zero-order valence-corrected chi connectivity index (χ0v) is 9.48. The summed E-state index contributed by atoms with van der Waals surface area (Å²) in [6, 6.07) is 0. The van der Waals surface area contributed by atoms with E-state index in [1.54, 1.807) is 0 Å². The summed E-state index contributed by atoms with van der Waals surface area (Å²) in [6.07, 6.45) is 4.97. The fourth-order valence-corrected chi connectivity index (χ4v) is 2.50. The van der Waals surface area contributed by atoms with Gasteiger partial charge in [-0.3, -0.25) is 0 Å². The van der Waals surface area contributed by atoms with Crippen LogP contribution < -0.4 is 5.32 Å². The van der Waals surface area contributed by atoms with Gasteiger partial charge in [-0.2, -0.15) is 0 Å². The van der Waals surface area contributed by atoms with Gasteiger partial charge in [-0.25, -0.2) is 0 Å². The molecule has 3 rings (SSSR count). The summed E-state index contributed by atoms with van der Waals surface area (Å²) >= 11 is 0. The predicted octanol–water partition coefficient (Wildman–Crippen LogP) is 0.493. The van der Waals surface area contributed by atoms with Gasteiger partial charge >= 0.3 is 0 Å². The van der Waals surface area contributed by atoms with Crippen LogP contribution in [0.3, 0.4) is 0 Å². The first-order chi connectivity index (χ1) is 7.93. The Morgan fingerprint density at radius 2 is 2.44 bits per heavy atom. The number of ether oxygens (including phenoxy) is 1. The molecule has 88 valence electrons. The quantitative estimate of drug-likeness (QED) is 0.809. The topological polar surface area (TPSA) is 52.0 Å². The number of aromatic nitrogens is 3. The van der Waals surface area contributed by atoms with Crippen LogP contribution in [-0.2, 0) is 24.2 Å². The Hall–Kier alpha value is -0.940. The number of hydrogen-bond donors (Lipinski definition) is 1. The molecule has 1 aromatic rings. The number of aryl methyl sites for hydroxylation is 1. The first-order valence-corrected chi connectivity index (χ1v) is 6.17. The van der Waals surface area contributed by atoms with E-state index in [9.17, 15) is 0 Å². The zero-order valence-electron chi connectivity index (χ0n) is 9.48. The van der Waals surface area contributed by atoms with Gasteiger partial charge in [0.15, 0.2) is 0 Å². The largest absolute Gasteiger partial charge is 0.378 e. The third-order valence-corrected chi connectivity index (χ3v) is 3.41. The molecule has 0 radical (unpaired) electrons. The van der Waals surface area contributed by atoms with Gasteiger partial charge in [-0.1, -0.05) is 0 Å². The van der Waals surface area contributed by atoms with Crippen LogP contribution in [0.2, 0.25) is 0 Å². The molecule has 5 nitrogen and oxygen atoms in total. The normalized spacial score (nSPS) is 24.6. The second-order valence-electron chi connectivity index (χ2n) is 4.53. The molecule has 1 aromatic heterocycles. The van der Waals surface area contributed by atoms with E-state index >= 15 is 0 Å². The van der Waals surface area contributed by atoms with Gasteiger partial charge in [0.25, 0.3) is 0 Å². The van der Waals surface area contributed by atoms with Crippen molar-refractivity contribution < 1.29 is 4.74 Å². The summed E-state index contributed by atoms with van der Waals surface area (Å²) < 4.78 is 7.88. The highest BCUT2D eigenvalue weighted by Gasteiger charge is 2.19. The molecule has 0 spiro atoms. The Morgan fingerprint density at radius 3 is 3.31 bits per heavy atom. The van der Waals surface area contributed by atoms with Gasteiger partial charge in [0.1, 0.15) is 11.6 Å². The summed E-state index contributed by atoms with van der Waals surface area (Å²) in [6.45, 7) is 3.82. The van der Waals surface area contributed by atoms with Crippen molar-refractivity contribution in [2.75, 3.05) is 13.2 Å². The number of nitrogens with zero attached hydrogens (tertiary/aromatic N) is 3. The molecule has 0 amide bonds. The van der Waals surface area contributed by atoms with E-state index in [1.165, 1.54) is 12.8 Å². The van der Waals surface area contributed by atoms with Crippen LogP contribution in [-0.4, -0.2) is 34.0 Å². The lowest BCUT2D eigenvalue weighted by atomic mass is 10.1. The molecule has 16 heavy (non-hydrogen) atoms. The van der Waals surface area contributed by atoms with Gasteiger partial charge in [-0.05, 0) is 19.3 Å². The maximum absolute atomic E-state index is 5.63. The van der Waals surface area contributed by atoms with Crippen molar-refractivity contribution >= 4 is 0 Å². The number of hydrogen-bond acceptors (Lipinski definition) is 4. The smallest absolute Gasteiger partial charge is 0.147 e. The minimum atomic E-state index is 0.453. The van der Waals surface area contributed by atoms with E-state index in [0.29, 0.717) is 6.10 Å². The van der Waals surface area contributed by atoms with E-state index in [-0.39, 0.29) is 0 Å². The number of rotatable bonds is 3. The Kier molecular flexibility index (Phi) is 2.88. The first-order valence-electron chi connectivity index (χ1n) is 6.17. The predicted molar refractivity (Wildman–Crippen MR) is 59.0 cm³/mol. The second kappa shape index (κ2) is 4.51. The van der Waals surface area contributed by atoms with E-state index in [0.717, 1.165) is 50.7 Å². The monoisotopic (exact) mass is 222 g/mol. The average Bonchev–Trinajstić information content (AvgIpc) is 2.96. The minimum Gasteiger partial charge on any atom is -0.378 e. The lowest BCUT2D eigenvalue weighted by Crippen LogP contribution is -2.29. The van der Waals surface area contributed by atoms with Crippen molar-refractivity contribution in [3.05, 3.63) is 11.6 Å². The second-order valence-corrected chi connectivity index (χ2v) is 4.53. The lowest BCUT2D eigenvalue weighted by molar-refractivity contribution is 0.104. The SMILES string of the molecule is C1COC(CCc2nnc3n2CCNC3)C1. The summed E-state index contributed by atoms with van der Waals surface area (Å²) in [7, 11) is 0. The highest BCUT2D eigenvalue weighted by atomic mass is 16.5. The molecule has 2 aliphatic heterocycles. The zero-order chi connectivity index (χ0) is 10.8. The first kappa shape index (κ1) is 10.2. The molecule has 0 aliphatic carbocycles. The van der Waals surface area contributed by atoms with E-state index in [4.69, 9.17) is 4.74 Å². The fraction of sp³-hybridized carbons (Fsp3) is 0.818. The van der Waals surface area contributed by atoms with Crippen molar-refractivity contribution in [2.24, 2.45) is 0 Å². The molecule has 1 saturated heterocycles. The summed E-state index contributed by atoms with van der Waals surface area (Å²) in [4.78, 5) is 0. The maximum Gasteiger partial charge on any atom is 0.147 e. The molecule has 1 fully saturated rings. The van der Waals surface area contributed by atoms with Crippen LogP contribution in [0.15, 0.2) is 0 Å². The molecule has 2 aliphatic rings. The van der Waals surface area contributed by atoms with Gasteiger partial charge in [0.05, 0.1) is 12.6 Å². The summed E-state index contributed by atoms with van der Waals surface area (Å²) in [5, 5.41) is 11.8. The number of nitrogens with one attached hydrogen (secondary N) is 1. The van der Waals surface area contributed by atoms with E-state index in [2.05, 4.69) is 20.1 Å². The summed E-state index contributed by atoms with van der Waals surface area (Å²) in [5.74, 6) is 2.21. The Bertz CT molecular complexity index is 357. The Morgan fingerprint density at radius 1 is 1.44 bits per heavy atom. The van der Waals surface area contributed by atoms with Crippen LogP contribution in [0.4, 0.5) is 0 Å². The van der Waals surface area contributed by atoms with E-state index < -0.39 is 0 Å². The van der Waals surface area contributed by atoms with Crippen LogP contribution in [0.5, 0.6) is 0 Å². The molecule has 0 aromatic carbocycles. The van der Waals surface area contributed by atoms with Crippen LogP contribution >= 0.6 is 0 Å². The molecule has 3 heterocycles. The van der Waals surface area contributed by atoms with Crippen LogP contribution in [0, 0.1) is 0 Å². The minimum absolute atomic E-state index is 0.453. The molecule has 0 saturated carbocycles. The van der Waals surface area contributed by atoms with Gasteiger partial charge in [0, 0.05) is 26.1 Å². The maximum atomic E-state index is 5.63. The Balaban J connectivity index is 1.63. The van der Waals surface area contributed by atoms with E-state index in [1.807, 2.05) is 0 Å². The van der Waals surface area contributed by atoms with Gasteiger partial charge in [-0.15, -0.1) is 10.2 Å². The average molecular weight is 222 g/mol. The Labute approximate surface area is 95.2 Å². The van der Waals surface area contributed by atoms with Crippen molar-refractivity contribution in [1.29, 1.82) is 0 Å². The molecule has 1 unspecified atom stereocenters. The third-order valence-electron chi connectivity index (χ3n) is 3.41. The highest BCUT2D eigenvalue weighted by Crippen LogP contribution is 2.17. The van der Waals surface area contributed by atoms with Crippen molar-refractivity contribution in [2.45, 2.75) is 44.9 Å². The number of fused-ring (bicyclic) bond motifs is 1. The van der Waals surface area contributed by atoms with Gasteiger partial charge < -0.3 is 14.6 Å². The summed E-state index contributed by atoms with van der Waals surface area (Å²) in [5.41, 5.74) is 0. The van der Waals surface area contributed by atoms with Gasteiger partial charge in [0.2, 0.25) is 0 Å². The molecule has 0 bridgehead atoms. The fourth-order valence-electron chi connectivity index (χ4n) is 2.50. The van der Waals surface area contributed by atoms with Crippen molar-refractivity contribution in [1.82, 2.24) is 20.1 Å². The third kappa shape index (κ3) is 1.97. The van der Waals surface area contributed by atoms with Crippen molar-refractivity contribution in [3.63, 3.8) is 0 Å². The molecule has 1 atom stereocenters. The van der Waals surface area contributed by atoms with Crippen LogP contribution in [0.1, 0.15) is 30.9 Å². The van der Waals surface area contributed by atoms with Crippen molar-refractivity contribution in [3.8, 4) is 0 Å². The lowest BCUT2D eigenvalue weighted by Gasteiger charge is -2.16. The molecular weight excluding hydrogens is 204 g/mol. The van der Waals surface area contributed by atoms with Crippen LogP contribution in [0.25, 0.3) is 0 Å². The molecule has 1 N–H and O–H groups in total.